The molecule has 4 N–H and O–H groups in total. The zero-order valence-electron chi connectivity index (χ0n) is 7.90. The Morgan fingerprint density at radius 2 is 1.93 bits per heavy atom. The van der Waals surface area contributed by atoms with E-state index in [4.69, 9.17) is 11.5 Å². The Hall–Kier alpha value is -1.81. The minimum atomic E-state index is 0.573. The van der Waals surface area contributed by atoms with Crippen LogP contribution in [0.2, 0.25) is 0 Å². The number of thiophene rings is 1. The summed E-state index contributed by atoms with van der Waals surface area (Å²) in [5.41, 5.74) is 13.2. The summed E-state index contributed by atoms with van der Waals surface area (Å²) < 4.78 is 1.18. The molecule has 0 aliphatic heterocycles. The van der Waals surface area contributed by atoms with Crippen molar-refractivity contribution in [1.82, 2.24) is 4.98 Å². The number of rotatable bonds is 0. The van der Waals surface area contributed by atoms with Crippen LogP contribution in [0.25, 0.3) is 21.0 Å². The molecule has 4 heteroatoms. The smallest absolute Gasteiger partial charge is 0.132 e. The van der Waals surface area contributed by atoms with E-state index in [1.165, 1.54) is 4.70 Å². The molecule has 2 aromatic heterocycles. The van der Waals surface area contributed by atoms with Crippen LogP contribution in [0, 0.1) is 0 Å². The minimum absolute atomic E-state index is 0.573. The van der Waals surface area contributed by atoms with Crippen LogP contribution in [0.1, 0.15) is 0 Å². The van der Waals surface area contributed by atoms with Crippen LogP contribution in [0.4, 0.5) is 11.5 Å². The van der Waals surface area contributed by atoms with E-state index in [1.807, 2.05) is 29.6 Å². The van der Waals surface area contributed by atoms with Crippen molar-refractivity contribution in [3.8, 4) is 0 Å². The Labute approximate surface area is 90.3 Å². The standard InChI is InChI=1S/C11H9N3S/c12-6-1-2-7-9(5-6)14-11(13)8-3-4-15-10(7)8/h1-5H,12H2,(H2,13,14). The molecule has 3 rings (SSSR count). The lowest BCUT2D eigenvalue weighted by molar-refractivity contribution is 1.45. The van der Waals surface area contributed by atoms with Crippen molar-refractivity contribution in [3.63, 3.8) is 0 Å². The number of hydrogen-bond acceptors (Lipinski definition) is 4. The number of fused-ring (bicyclic) bond motifs is 3. The maximum absolute atomic E-state index is 5.87. The lowest BCUT2D eigenvalue weighted by Gasteiger charge is -2.02. The zero-order chi connectivity index (χ0) is 10.4. The van der Waals surface area contributed by atoms with E-state index in [1.54, 1.807) is 11.3 Å². The summed E-state index contributed by atoms with van der Waals surface area (Å²) in [5.74, 6) is 0.573. The summed E-state index contributed by atoms with van der Waals surface area (Å²) in [7, 11) is 0. The van der Waals surface area contributed by atoms with Gasteiger partial charge in [0.25, 0.3) is 0 Å². The zero-order valence-corrected chi connectivity index (χ0v) is 8.71. The van der Waals surface area contributed by atoms with Crippen LogP contribution in [0.15, 0.2) is 29.6 Å². The number of anilines is 2. The summed E-state index contributed by atoms with van der Waals surface area (Å²) in [5, 5.41) is 4.17. The van der Waals surface area contributed by atoms with Crippen molar-refractivity contribution in [2.75, 3.05) is 11.5 Å². The fourth-order valence-electron chi connectivity index (χ4n) is 1.74. The maximum atomic E-state index is 5.87. The third-order valence-electron chi connectivity index (χ3n) is 2.45. The van der Waals surface area contributed by atoms with E-state index in [0.29, 0.717) is 11.5 Å². The molecule has 0 spiro atoms. The predicted octanol–water partition coefficient (Wildman–Crippen LogP) is 2.61. The summed E-state index contributed by atoms with van der Waals surface area (Å²) in [4.78, 5) is 4.34. The second-order valence-electron chi connectivity index (χ2n) is 3.44. The fourth-order valence-corrected chi connectivity index (χ4v) is 2.68. The predicted molar refractivity (Wildman–Crippen MR) is 66.0 cm³/mol. The molecule has 3 aromatic rings. The first-order valence-corrected chi connectivity index (χ1v) is 5.45. The van der Waals surface area contributed by atoms with Crippen molar-refractivity contribution in [1.29, 1.82) is 0 Å². The van der Waals surface area contributed by atoms with Crippen molar-refractivity contribution < 1.29 is 0 Å². The molecule has 1 aromatic carbocycles. The molecule has 2 heterocycles. The number of pyridine rings is 1. The van der Waals surface area contributed by atoms with Crippen LogP contribution >= 0.6 is 11.3 Å². The van der Waals surface area contributed by atoms with E-state index in [0.717, 1.165) is 16.3 Å². The Bertz CT molecular complexity index is 657. The van der Waals surface area contributed by atoms with E-state index in [-0.39, 0.29) is 0 Å². The second kappa shape index (κ2) is 2.84. The number of nitrogen functional groups attached to an aromatic ring is 2. The first-order chi connectivity index (χ1) is 7.25. The van der Waals surface area contributed by atoms with Gasteiger partial charge in [-0.3, -0.25) is 0 Å². The molecule has 0 fully saturated rings. The molecular weight excluding hydrogens is 206 g/mol. The monoisotopic (exact) mass is 215 g/mol. The van der Waals surface area contributed by atoms with Crippen molar-refractivity contribution in [2.45, 2.75) is 0 Å². The van der Waals surface area contributed by atoms with Crippen LogP contribution in [-0.4, -0.2) is 4.98 Å². The van der Waals surface area contributed by atoms with Gasteiger partial charge in [0.2, 0.25) is 0 Å². The third-order valence-corrected chi connectivity index (χ3v) is 3.40. The van der Waals surface area contributed by atoms with Crippen LogP contribution < -0.4 is 11.5 Å². The summed E-state index contributed by atoms with van der Waals surface area (Å²) in [6.07, 6.45) is 0. The van der Waals surface area contributed by atoms with E-state index in [2.05, 4.69) is 4.98 Å². The molecule has 0 aliphatic carbocycles. The highest BCUT2D eigenvalue weighted by Crippen LogP contribution is 2.32. The van der Waals surface area contributed by atoms with Crippen molar-refractivity contribution in [3.05, 3.63) is 29.6 Å². The summed E-state index contributed by atoms with van der Waals surface area (Å²) >= 11 is 1.68. The fraction of sp³-hybridized carbons (Fsp3) is 0. The minimum Gasteiger partial charge on any atom is -0.399 e. The van der Waals surface area contributed by atoms with Gasteiger partial charge in [0, 0.05) is 21.2 Å². The molecule has 0 bridgehead atoms. The second-order valence-corrected chi connectivity index (χ2v) is 4.35. The van der Waals surface area contributed by atoms with Gasteiger partial charge in [-0.25, -0.2) is 4.98 Å². The molecule has 0 amide bonds. The van der Waals surface area contributed by atoms with Crippen LogP contribution in [-0.2, 0) is 0 Å². The highest BCUT2D eigenvalue weighted by Gasteiger charge is 2.06. The first kappa shape index (κ1) is 8.49. The normalized spacial score (nSPS) is 11.2. The highest BCUT2D eigenvalue weighted by atomic mass is 32.1. The number of aromatic nitrogens is 1. The maximum Gasteiger partial charge on any atom is 0.132 e. The molecule has 15 heavy (non-hydrogen) atoms. The lowest BCUT2D eigenvalue weighted by Crippen LogP contribution is -1.92. The molecule has 0 atom stereocenters. The quantitative estimate of drug-likeness (QED) is 0.566. The summed E-state index contributed by atoms with van der Waals surface area (Å²) in [6.45, 7) is 0. The van der Waals surface area contributed by atoms with Gasteiger partial charge in [-0.15, -0.1) is 11.3 Å². The lowest BCUT2D eigenvalue weighted by atomic mass is 10.1. The molecule has 0 radical (unpaired) electrons. The molecule has 74 valence electrons. The van der Waals surface area contributed by atoms with Gasteiger partial charge in [0.05, 0.1) is 5.52 Å². The highest BCUT2D eigenvalue weighted by molar-refractivity contribution is 7.18. The van der Waals surface area contributed by atoms with E-state index >= 15 is 0 Å². The molecule has 0 saturated carbocycles. The summed E-state index contributed by atoms with van der Waals surface area (Å²) in [6, 6.07) is 7.73. The Kier molecular flexibility index (Phi) is 1.61. The largest absolute Gasteiger partial charge is 0.399 e. The number of nitrogens with two attached hydrogens (primary N) is 2. The Balaban J connectivity index is 2.60. The van der Waals surface area contributed by atoms with Gasteiger partial charge in [0.15, 0.2) is 0 Å². The van der Waals surface area contributed by atoms with Gasteiger partial charge in [-0.05, 0) is 29.6 Å². The topological polar surface area (TPSA) is 64.9 Å². The number of nitrogens with zero attached hydrogens (tertiary/aromatic N) is 1. The SMILES string of the molecule is Nc1ccc2c(c1)nc(N)c1ccsc12. The molecule has 0 unspecified atom stereocenters. The molecular formula is C11H9N3S. The van der Waals surface area contributed by atoms with Gasteiger partial charge in [-0.1, -0.05) is 0 Å². The Morgan fingerprint density at radius 1 is 1.07 bits per heavy atom. The Morgan fingerprint density at radius 3 is 2.80 bits per heavy atom. The number of benzene rings is 1. The van der Waals surface area contributed by atoms with Crippen molar-refractivity contribution in [2.24, 2.45) is 0 Å². The molecule has 0 saturated heterocycles. The number of hydrogen-bond donors (Lipinski definition) is 2. The van der Waals surface area contributed by atoms with Gasteiger partial charge >= 0.3 is 0 Å². The van der Waals surface area contributed by atoms with Crippen molar-refractivity contribution >= 4 is 43.8 Å². The van der Waals surface area contributed by atoms with Gasteiger partial charge in [-0.2, -0.15) is 0 Å². The van der Waals surface area contributed by atoms with Crippen LogP contribution in [0.3, 0.4) is 0 Å². The average molecular weight is 215 g/mol. The average Bonchev–Trinajstić information content (AvgIpc) is 2.66. The van der Waals surface area contributed by atoms with Crippen LogP contribution in [0.5, 0.6) is 0 Å². The van der Waals surface area contributed by atoms with Gasteiger partial charge in [0.1, 0.15) is 5.82 Å². The van der Waals surface area contributed by atoms with E-state index in [9.17, 15) is 0 Å². The molecule has 0 aliphatic rings. The third kappa shape index (κ3) is 1.15. The molecule has 3 nitrogen and oxygen atoms in total. The van der Waals surface area contributed by atoms with Gasteiger partial charge < -0.3 is 11.5 Å². The first-order valence-electron chi connectivity index (χ1n) is 4.57. The van der Waals surface area contributed by atoms with E-state index < -0.39 is 0 Å².